The number of hydrogen-bond donors (Lipinski definition) is 0. The summed E-state index contributed by atoms with van der Waals surface area (Å²) >= 11 is 0. The lowest BCUT2D eigenvalue weighted by Crippen LogP contribution is -2.30. The molecule has 0 radical (unpaired) electrons. The van der Waals surface area contributed by atoms with Gasteiger partial charge in [-0.2, -0.15) is 0 Å². The van der Waals surface area contributed by atoms with Crippen molar-refractivity contribution in [3.63, 3.8) is 0 Å². The molecule has 0 N–H and O–H groups in total. The summed E-state index contributed by atoms with van der Waals surface area (Å²) in [4.78, 5) is 38.1. The van der Waals surface area contributed by atoms with E-state index in [9.17, 15) is 14.4 Å². The number of benzene rings is 1. The molecule has 0 amide bonds. The van der Waals surface area contributed by atoms with Crippen molar-refractivity contribution in [1.82, 2.24) is 0 Å². The molecule has 0 fully saturated rings. The molecular weight excluding hydrogens is 444 g/mol. The number of hydrogen-bond acceptors (Lipinski definition) is 3. The fraction of sp³-hybridized carbons (Fsp3) is 0.727. The third kappa shape index (κ3) is 8.38. The summed E-state index contributed by atoms with van der Waals surface area (Å²) in [6.07, 6.45) is 10.7. The highest BCUT2D eigenvalue weighted by atomic mass is 16.1. The lowest BCUT2D eigenvalue weighted by Gasteiger charge is -2.33. The molecule has 0 aliphatic heterocycles. The van der Waals surface area contributed by atoms with E-state index in [4.69, 9.17) is 0 Å². The van der Waals surface area contributed by atoms with Crippen molar-refractivity contribution in [1.29, 1.82) is 0 Å². The molecule has 3 atom stereocenters. The first-order valence-electron chi connectivity index (χ1n) is 14.6. The number of fused-ring (bicyclic) bond motifs is 1. The van der Waals surface area contributed by atoms with Gasteiger partial charge in [-0.1, -0.05) is 66.9 Å². The zero-order chi connectivity index (χ0) is 27.0. The van der Waals surface area contributed by atoms with Crippen LogP contribution in [0.3, 0.4) is 0 Å². The van der Waals surface area contributed by atoms with E-state index in [1.165, 1.54) is 35.6 Å². The predicted molar refractivity (Wildman–Crippen MR) is 151 cm³/mol. The van der Waals surface area contributed by atoms with Crippen LogP contribution >= 0.6 is 0 Å². The second-order valence-corrected chi connectivity index (χ2v) is 12.7. The van der Waals surface area contributed by atoms with Crippen molar-refractivity contribution in [3.8, 4) is 0 Å². The highest BCUT2D eigenvalue weighted by molar-refractivity contribution is 6.01. The molecule has 1 aromatic rings. The van der Waals surface area contributed by atoms with Gasteiger partial charge in [-0.3, -0.25) is 14.4 Å². The van der Waals surface area contributed by atoms with Crippen LogP contribution in [0.2, 0.25) is 0 Å². The molecule has 3 heteroatoms. The Morgan fingerprint density at radius 1 is 1.03 bits per heavy atom. The summed E-state index contributed by atoms with van der Waals surface area (Å²) in [7, 11) is 0. The number of carbonyl (C=O) groups is 3. The van der Waals surface area contributed by atoms with Crippen LogP contribution in [-0.2, 0) is 28.9 Å². The average Bonchev–Trinajstić information content (AvgIpc) is 2.75. The van der Waals surface area contributed by atoms with Gasteiger partial charge in [0.15, 0.2) is 5.78 Å². The van der Waals surface area contributed by atoms with E-state index < -0.39 is 0 Å². The molecule has 202 valence electrons. The molecule has 0 spiro atoms. The van der Waals surface area contributed by atoms with Crippen molar-refractivity contribution in [2.45, 2.75) is 132 Å². The van der Waals surface area contributed by atoms with E-state index in [2.05, 4.69) is 54.5 Å². The quantitative estimate of drug-likeness (QED) is 0.243. The third-order valence-corrected chi connectivity index (χ3v) is 8.17. The molecule has 0 saturated carbocycles. The fourth-order valence-electron chi connectivity index (χ4n) is 6.50. The molecule has 3 nitrogen and oxygen atoms in total. The highest BCUT2D eigenvalue weighted by Gasteiger charge is 2.34. The lowest BCUT2D eigenvalue weighted by molar-refractivity contribution is -0.129. The fourth-order valence-corrected chi connectivity index (χ4v) is 6.50. The van der Waals surface area contributed by atoms with Crippen molar-refractivity contribution >= 4 is 17.3 Å². The Labute approximate surface area is 221 Å². The number of ketones is 3. The zero-order valence-corrected chi connectivity index (χ0v) is 24.5. The summed E-state index contributed by atoms with van der Waals surface area (Å²) in [5.74, 6) is 0.794. The standard InChI is InChI=1S/C33H52O3/c1-9-13-26(28(11-3)30(35)17-22(4)34)18-24-19-29-27(14-10-2)21-25(15-12-16-33(6,7)8)23(5)32(29)31(36)20-24/h21,24,26,28H,9-20H2,1-8H3. The number of aryl methyl sites for hydroxylation is 2. The molecule has 0 aromatic heterocycles. The Bertz CT molecular complexity index is 918. The zero-order valence-electron chi connectivity index (χ0n) is 24.5. The minimum atomic E-state index is -0.0765. The molecule has 36 heavy (non-hydrogen) atoms. The third-order valence-electron chi connectivity index (χ3n) is 8.17. The van der Waals surface area contributed by atoms with Gasteiger partial charge in [-0.15, -0.1) is 0 Å². The maximum Gasteiger partial charge on any atom is 0.163 e. The monoisotopic (exact) mass is 496 g/mol. The Morgan fingerprint density at radius 3 is 2.28 bits per heavy atom. The van der Waals surface area contributed by atoms with E-state index in [0.717, 1.165) is 63.4 Å². The smallest absolute Gasteiger partial charge is 0.163 e. The van der Waals surface area contributed by atoms with Crippen LogP contribution in [0.25, 0.3) is 0 Å². The van der Waals surface area contributed by atoms with Gasteiger partial charge in [0.2, 0.25) is 0 Å². The van der Waals surface area contributed by atoms with E-state index in [1.54, 1.807) is 0 Å². The molecule has 0 saturated heterocycles. The summed E-state index contributed by atoms with van der Waals surface area (Å²) in [6.45, 7) is 17.0. The normalized spacial score (nSPS) is 17.6. The van der Waals surface area contributed by atoms with E-state index in [1.807, 2.05) is 0 Å². The van der Waals surface area contributed by atoms with Gasteiger partial charge < -0.3 is 0 Å². The van der Waals surface area contributed by atoms with Crippen molar-refractivity contribution < 1.29 is 14.4 Å². The molecule has 2 rings (SSSR count). The molecular formula is C33H52O3. The molecule has 3 unspecified atom stereocenters. The van der Waals surface area contributed by atoms with Crippen molar-refractivity contribution in [2.24, 2.45) is 23.2 Å². The van der Waals surface area contributed by atoms with Crippen LogP contribution in [0.1, 0.15) is 139 Å². The van der Waals surface area contributed by atoms with Crippen LogP contribution in [-0.4, -0.2) is 17.3 Å². The molecule has 1 aliphatic rings. The summed E-state index contributed by atoms with van der Waals surface area (Å²) in [6, 6.07) is 2.41. The number of carbonyl (C=O) groups excluding carboxylic acids is 3. The Morgan fingerprint density at radius 2 is 1.72 bits per heavy atom. The van der Waals surface area contributed by atoms with Crippen LogP contribution in [0, 0.1) is 30.1 Å². The number of rotatable bonds is 14. The Kier molecular flexibility index (Phi) is 11.6. The van der Waals surface area contributed by atoms with Gasteiger partial charge in [0.1, 0.15) is 11.6 Å². The first-order valence-corrected chi connectivity index (χ1v) is 14.6. The summed E-state index contributed by atoms with van der Waals surface area (Å²) < 4.78 is 0. The minimum absolute atomic E-state index is 0.0446. The first kappa shape index (κ1) is 30.5. The Hall–Kier alpha value is -1.77. The summed E-state index contributed by atoms with van der Waals surface area (Å²) in [5, 5.41) is 0. The summed E-state index contributed by atoms with van der Waals surface area (Å²) in [5.41, 5.74) is 6.56. The van der Waals surface area contributed by atoms with Gasteiger partial charge in [0.25, 0.3) is 0 Å². The number of Topliss-reactive ketones (excluding diaryl/α,β-unsaturated/α-hetero) is 3. The largest absolute Gasteiger partial charge is 0.300 e. The second-order valence-electron chi connectivity index (χ2n) is 12.7. The Balaban J connectivity index is 2.32. The van der Waals surface area contributed by atoms with E-state index in [-0.39, 0.29) is 35.7 Å². The van der Waals surface area contributed by atoms with Gasteiger partial charge in [-0.25, -0.2) is 0 Å². The average molecular weight is 497 g/mol. The van der Waals surface area contributed by atoms with Crippen molar-refractivity contribution in [3.05, 3.63) is 33.9 Å². The maximum absolute atomic E-state index is 13.6. The van der Waals surface area contributed by atoms with Gasteiger partial charge in [0.05, 0.1) is 6.42 Å². The van der Waals surface area contributed by atoms with Gasteiger partial charge >= 0.3 is 0 Å². The molecule has 0 heterocycles. The molecule has 1 aliphatic carbocycles. The van der Waals surface area contributed by atoms with Crippen LogP contribution in [0.5, 0.6) is 0 Å². The van der Waals surface area contributed by atoms with Crippen LogP contribution < -0.4 is 0 Å². The SMILES string of the molecule is CCCc1cc(CCCC(C)(C)C)c(C)c2c1CC(CC(CCC)C(CC)C(=O)CC(C)=O)CC2=O. The van der Waals surface area contributed by atoms with Gasteiger partial charge in [0, 0.05) is 17.9 Å². The van der Waals surface area contributed by atoms with Gasteiger partial charge in [-0.05, 0) is 98.3 Å². The maximum atomic E-state index is 13.6. The van der Waals surface area contributed by atoms with E-state index >= 15 is 0 Å². The minimum Gasteiger partial charge on any atom is -0.300 e. The molecule has 0 bridgehead atoms. The highest BCUT2D eigenvalue weighted by Crippen LogP contribution is 2.39. The molecule has 1 aromatic carbocycles. The predicted octanol–water partition coefficient (Wildman–Crippen LogP) is 8.44. The van der Waals surface area contributed by atoms with Crippen LogP contribution in [0.15, 0.2) is 6.07 Å². The lowest BCUT2D eigenvalue weighted by atomic mass is 9.70. The second kappa shape index (κ2) is 13.7. The topological polar surface area (TPSA) is 51.2 Å². The van der Waals surface area contributed by atoms with E-state index in [0.29, 0.717) is 17.6 Å². The van der Waals surface area contributed by atoms with Crippen molar-refractivity contribution in [2.75, 3.05) is 0 Å². The van der Waals surface area contributed by atoms with Crippen LogP contribution in [0.4, 0.5) is 0 Å². The first-order chi connectivity index (χ1) is 16.9.